The molecule has 0 fully saturated rings. The number of carbonyl (C=O) groups is 1. The van der Waals surface area contributed by atoms with Crippen molar-refractivity contribution in [3.05, 3.63) is 23.9 Å². The second-order valence-electron chi connectivity index (χ2n) is 4.29. The smallest absolute Gasteiger partial charge is 0.232 e. The van der Waals surface area contributed by atoms with E-state index >= 15 is 0 Å². The fraction of sp³-hybridized carbons (Fsp3) is 0.500. The number of aryl methyl sites for hydroxylation is 1. The molecule has 1 aromatic rings. The number of nitrogens with one attached hydrogen (secondary N) is 1. The molecule has 1 unspecified atom stereocenters. The molecule has 0 radical (unpaired) electrons. The molecule has 0 aliphatic heterocycles. The quantitative estimate of drug-likeness (QED) is 0.813. The van der Waals surface area contributed by atoms with Crippen molar-refractivity contribution in [1.82, 2.24) is 4.98 Å². The lowest BCUT2D eigenvalue weighted by molar-refractivity contribution is -0.124. The van der Waals surface area contributed by atoms with Crippen molar-refractivity contribution < 1.29 is 4.79 Å². The van der Waals surface area contributed by atoms with Crippen LogP contribution < -0.4 is 11.1 Å². The van der Waals surface area contributed by atoms with Gasteiger partial charge >= 0.3 is 0 Å². The van der Waals surface area contributed by atoms with E-state index in [1.54, 1.807) is 12.3 Å². The number of nitrogens with zero attached hydrogens (tertiary/aromatic N) is 1. The molecule has 3 N–H and O–H groups in total. The number of amides is 1. The fourth-order valence-electron chi connectivity index (χ4n) is 1.21. The van der Waals surface area contributed by atoms with E-state index in [4.69, 9.17) is 5.73 Å². The SMILES string of the molecule is CCC(C)(CN)C(=O)Nc1ccc(C)cn1. The predicted molar refractivity (Wildman–Crippen MR) is 65.1 cm³/mol. The molecule has 1 amide bonds. The summed E-state index contributed by atoms with van der Waals surface area (Å²) in [4.78, 5) is 16.1. The molecule has 0 saturated carbocycles. The Hall–Kier alpha value is -1.42. The van der Waals surface area contributed by atoms with Gasteiger partial charge < -0.3 is 11.1 Å². The summed E-state index contributed by atoms with van der Waals surface area (Å²) in [6.07, 6.45) is 2.43. The highest BCUT2D eigenvalue weighted by atomic mass is 16.2. The van der Waals surface area contributed by atoms with E-state index in [0.717, 1.165) is 5.56 Å². The minimum absolute atomic E-state index is 0.0751. The number of aromatic nitrogens is 1. The van der Waals surface area contributed by atoms with Gasteiger partial charge in [0.2, 0.25) is 5.91 Å². The summed E-state index contributed by atoms with van der Waals surface area (Å²) in [7, 11) is 0. The van der Waals surface area contributed by atoms with Crippen LogP contribution in [0.1, 0.15) is 25.8 Å². The van der Waals surface area contributed by atoms with Gasteiger partial charge in [0.05, 0.1) is 5.41 Å². The third-order valence-corrected chi connectivity index (χ3v) is 2.93. The van der Waals surface area contributed by atoms with Gasteiger partial charge in [0.25, 0.3) is 0 Å². The Labute approximate surface area is 96.3 Å². The van der Waals surface area contributed by atoms with Crippen LogP contribution >= 0.6 is 0 Å². The Bertz CT molecular complexity index is 355. The predicted octanol–water partition coefficient (Wildman–Crippen LogP) is 1.70. The summed E-state index contributed by atoms with van der Waals surface area (Å²) in [5.41, 5.74) is 6.16. The number of carbonyl (C=O) groups excluding carboxylic acids is 1. The maximum absolute atomic E-state index is 12.0. The van der Waals surface area contributed by atoms with Crippen LogP contribution in [0.15, 0.2) is 18.3 Å². The van der Waals surface area contributed by atoms with E-state index in [-0.39, 0.29) is 5.91 Å². The molecule has 1 heterocycles. The van der Waals surface area contributed by atoms with Crippen LogP contribution in [0.3, 0.4) is 0 Å². The summed E-state index contributed by atoms with van der Waals surface area (Å²) >= 11 is 0. The van der Waals surface area contributed by atoms with Crippen molar-refractivity contribution in [1.29, 1.82) is 0 Å². The summed E-state index contributed by atoms with van der Waals surface area (Å²) in [5, 5.41) is 2.78. The number of anilines is 1. The van der Waals surface area contributed by atoms with Gasteiger partial charge in [0.1, 0.15) is 5.82 Å². The van der Waals surface area contributed by atoms with Crippen molar-refractivity contribution >= 4 is 11.7 Å². The lowest BCUT2D eigenvalue weighted by Gasteiger charge is -2.24. The summed E-state index contributed by atoms with van der Waals surface area (Å²) in [6.45, 7) is 6.10. The molecule has 1 atom stereocenters. The third kappa shape index (κ3) is 2.79. The van der Waals surface area contributed by atoms with E-state index in [0.29, 0.717) is 18.8 Å². The number of nitrogens with two attached hydrogens (primary N) is 1. The molecular formula is C12H19N3O. The zero-order chi connectivity index (χ0) is 12.2. The molecule has 0 spiro atoms. The Kier molecular flexibility index (Phi) is 4.01. The molecule has 4 heteroatoms. The first kappa shape index (κ1) is 12.6. The number of hydrogen-bond donors (Lipinski definition) is 2. The highest BCUT2D eigenvalue weighted by Crippen LogP contribution is 2.21. The molecule has 0 aromatic carbocycles. The van der Waals surface area contributed by atoms with E-state index in [1.807, 2.05) is 26.8 Å². The van der Waals surface area contributed by atoms with Crippen LogP contribution in [0.25, 0.3) is 0 Å². The van der Waals surface area contributed by atoms with Crippen LogP contribution in [0, 0.1) is 12.3 Å². The Morgan fingerprint density at radius 2 is 2.25 bits per heavy atom. The van der Waals surface area contributed by atoms with Crippen molar-refractivity contribution in [3.63, 3.8) is 0 Å². The highest BCUT2D eigenvalue weighted by molar-refractivity contribution is 5.94. The molecule has 0 aliphatic carbocycles. The van der Waals surface area contributed by atoms with Crippen LogP contribution in [-0.4, -0.2) is 17.4 Å². The minimum atomic E-state index is -0.521. The molecule has 88 valence electrons. The van der Waals surface area contributed by atoms with Crippen molar-refractivity contribution in [2.45, 2.75) is 27.2 Å². The molecule has 4 nitrogen and oxygen atoms in total. The van der Waals surface area contributed by atoms with Crippen LogP contribution in [0.2, 0.25) is 0 Å². The average Bonchev–Trinajstić information content (AvgIpc) is 2.31. The standard InChI is InChI=1S/C12H19N3O/c1-4-12(3,8-13)11(16)15-10-6-5-9(2)7-14-10/h5-7H,4,8,13H2,1-3H3,(H,14,15,16). The second-order valence-corrected chi connectivity index (χ2v) is 4.29. The van der Waals surface area contributed by atoms with Gasteiger partial charge in [0, 0.05) is 12.7 Å². The van der Waals surface area contributed by atoms with Gasteiger partial charge in [-0.15, -0.1) is 0 Å². The Morgan fingerprint density at radius 3 is 2.69 bits per heavy atom. The van der Waals surface area contributed by atoms with Crippen molar-refractivity contribution in [2.24, 2.45) is 11.1 Å². The zero-order valence-electron chi connectivity index (χ0n) is 10.1. The maximum atomic E-state index is 12.0. The van der Waals surface area contributed by atoms with Crippen molar-refractivity contribution in [2.75, 3.05) is 11.9 Å². The molecule has 0 saturated heterocycles. The van der Waals surface area contributed by atoms with E-state index in [2.05, 4.69) is 10.3 Å². The van der Waals surface area contributed by atoms with E-state index in [1.165, 1.54) is 0 Å². The van der Waals surface area contributed by atoms with Gasteiger partial charge in [0.15, 0.2) is 0 Å². The topological polar surface area (TPSA) is 68.0 Å². The first-order chi connectivity index (χ1) is 7.51. The largest absolute Gasteiger partial charge is 0.329 e. The van der Waals surface area contributed by atoms with Crippen LogP contribution in [-0.2, 0) is 4.79 Å². The molecule has 1 aromatic heterocycles. The summed E-state index contributed by atoms with van der Waals surface area (Å²) in [5.74, 6) is 0.498. The van der Waals surface area contributed by atoms with E-state index < -0.39 is 5.41 Å². The van der Waals surface area contributed by atoms with Gasteiger partial charge in [-0.25, -0.2) is 4.98 Å². The molecular weight excluding hydrogens is 202 g/mol. The Morgan fingerprint density at radius 1 is 1.56 bits per heavy atom. The number of hydrogen-bond acceptors (Lipinski definition) is 3. The number of pyridine rings is 1. The summed E-state index contributed by atoms with van der Waals surface area (Å²) in [6, 6.07) is 3.70. The first-order valence-corrected chi connectivity index (χ1v) is 5.46. The van der Waals surface area contributed by atoms with Gasteiger partial charge in [-0.2, -0.15) is 0 Å². The molecule has 0 aliphatic rings. The molecule has 16 heavy (non-hydrogen) atoms. The zero-order valence-corrected chi connectivity index (χ0v) is 10.1. The number of rotatable bonds is 4. The molecule has 1 rings (SSSR count). The van der Waals surface area contributed by atoms with Gasteiger partial charge in [-0.1, -0.05) is 13.0 Å². The molecule has 0 bridgehead atoms. The maximum Gasteiger partial charge on any atom is 0.232 e. The van der Waals surface area contributed by atoms with Crippen molar-refractivity contribution in [3.8, 4) is 0 Å². The van der Waals surface area contributed by atoms with Crippen LogP contribution in [0.5, 0.6) is 0 Å². The first-order valence-electron chi connectivity index (χ1n) is 5.46. The minimum Gasteiger partial charge on any atom is -0.329 e. The lowest BCUT2D eigenvalue weighted by Crippen LogP contribution is -2.39. The van der Waals surface area contributed by atoms with E-state index in [9.17, 15) is 4.79 Å². The fourth-order valence-corrected chi connectivity index (χ4v) is 1.21. The monoisotopic (exact) mass is 221 g/mol. The highest BCUT2D eigenvalue weighted by Gasteiger charge is 2.29. The second kappa shape index (κ2) is 5.07. The Balaban J connectivity index is 2.74. The average molecular weight is 221 g/mol. The normalized spacial score (nSPS) is 14.2. The van der Waals surface area contributed by atoms with Crippen LogP contribution in [0.4, 0.5) is 5.82 Å². The third-order valence-electron chi connectivity index (χ3n) is 2.93. The lowest BCUT2D eigenvalue weighted by atomic mass is 9.87. The van der Waals surface area contributed by atoms with Gasteiger partial charge in [-0.05, 0) is 31.9 Å². The van der Waals surface area contributed by atoms with Gasteiger partial charge in [-0.3, -0.25) is 4.79 Å². The summed E-state index contributed by atoms with van der Waals surface area (Å²) < 4.78 is 0.